The number of nitrogens with two attached hydrogens (primary N) is 1. The molecule has 0 saturated carbocycles. The summed E-state index contributed by atoms with van der Waals surface area (Å²) in [5, 5.41) is 0. The third-order valence-electron chi connectivity index (χ3n) is 3.27. The molecule has 102 valence electrons. The highest BCUT2D eigenvalue weighted by atomic mass is 32.1. The van der Waals surface area contributed by atoms with E-state index < -0.39 is 0 Å². The van der Waals surface area contributed by atoms with Crippen molar-refractivity contribution in [1.82, 2.24) is 0 Å². The predicted molar refractivity (Wildman–Crippen MR) is 82.1 cm³/mol. The van der Waals surface area contributed by atoms with Crippen LogP contribution in [0.2, 0.25) is 0 Å². The van der Waals surface area contributed by atoms with E-state index in [1.807, 2.05) is 17.4 Å². The van der Waals surface area contributed by atoms with E-state index in [2.05, 4.69) is 38.1 Å². The first-order valence-electron chi connectivity index (χ1n) is 6.61. The van der Waals surface area contributed by atoms with Crippen molar-refractivity contribution in [2.45, 2.75) is 32.7 Å². The first-order valence-corrected chi connectivity index (χ1v) is 7.43. The van der Waals surface area contributed by atoms with Gasteiger partial charge in [0.2, 0.25) is 0 Å². The fourth-order valence-electron chi connectivity index (χ4n) is 2.19. The highest BCUT2D eigenvalue weighted by Gasteiger charge is 2.14. The fourth-order valence-corrected chi connectivity index (χ4v) is 3.21. The molecule has 1 aromatic heterocycles. The minimum absolute atomic E-state index is 0.0155. The van der Waals surface area contributed by atoms with Crippen molar-refractivity contribution in [2.24, 2.45) is 5.73 Å². The van der Waals surface area contributed by atoms with Crippen molar-refractivity contribution in [1.29, 1.82) is 0 Å². The van der Waals surface area contributed by atoms with Gasteiger partial charge in [-0.1, -0.05) is 24.6 Å². The van der Waals surface area contributed by atoms with E-state index in [-0.39, 0.29) is 6.04 Å². The highest BCUT2D eigenvalue weighted by molar-refractivity contribution is 7.11. The van der Waals surface area contributed by atoms with Crippen LogP contribution >= 0.6 is 11.3 Å². The van der Waals surface area contributed by atoms with Gasteiger partial charge < -0.3 is 10.5 Å². The van der Waals surface area contributed by atoms with Gasteiger partial charge in [-0.3, -0.25) is 0 Å². The van der Waals surface area contributed by atoms with Gasteiger partial charge in [-0.2, -0.15) is 0 Å². The van der Waals surface area contributed by atoms with Gasteiger partial charge in [0.25, 0.3) is 0 Å². The molecule has 3 heteroatoms. The molecule has 2 N–H and O–H groups in total. The van der Waals surface area contributed by atoms with Gasteiger partial charge >= 0.3 is 0 Å². The summed E-state index contributed by atoms with van der Waals surface area (Å²) in [4.78, 5) is 2.76. The largest absolute Gasteiger partial charge is 0.496 e. The molecule has 1 unspecified atom stereocenters. The molecular weight excluding hydrogens is 254 g/mol. The number of benzene rings is 1. The molecule has 0 radical (unpaired) electrons. The van der Waals surface area contributed by atoms with Crippen molar-refractivity contribution < 1.29 is 4.74 Å². The van der Waals surface area contributed by atoms with Crippen molar-refractivity contribution in [3.8, 4) is 5.75 Å². The maximum absolute atomic E-state index is 6.35. The number of hydrogen-bond donors (Lipinski definition) is 1. The smallest absolute Gasteiger partial charge is 0.123 e. The quantitative estimate of drug-likeness (QED) is 0.899. The van der Waals surface area contributed by atoms with Crippen molar-refractivity contribution in [2.75, 3.05) is 7.11 Å². The van der Waals surface area contributed by atoms with E-state index >= 15 is 0 Å². The third kappa shape index (κ3) is 3.37. The lowest BCUT2D eigenvalue weighted by molar-refractivity contribution is 0.405. The summed E-state index contributed by atoms with van der Waals surface area (Å²) in [7, 11) is 1.70. The molecule has 2 aromatic rings. The van der Waals surface area contributed by atoms with Crippen LogP contribution in [0.1, 0.15) is 33.8 Å². The van der Waals surface area contributed by atoms with Crippen LogP contribution in [0.15, 0.2) is 30.3 Å². The van der Waals surface area contributed by atoms with Gasteiger partial charge in [-0.15, -0.1) is 11.3 Å². The van der Waals surface area contributed by atoms with Crippen LogP contribution in [0.4, 0.5) is 0 Å². The summed E-state index contributed by atoms with van der Waals surface area (Å²) in [5.41, 5.74) is 8.66. The number of methoxy groups -OCH3 is 1. The Labute approximate surface area is 119 Å². The maximum Gasteiger partial charge on any atom is 0.123 e. The molecule has 0 saturated heterocycles. The zero-order valence-corrected chi connectivity index (χ0v) is 12.6. The van der Waals surface area contributed by atoms with E-state index in [1.54, 1.807) is 7.11 Å². The van der Waals surface area contributed by atoms with Gasteiger partial charge in [-0.25, -0.2) is 0 Å². The van der Waals surface area contributed by atoms with Crippen LogP contribution in [0.25, 0.3) is 0 Å². The predicted octanol–water partition coefficient (Wildman–Crippen LogP) is 3.87. The van der Waals surface area contributed by atoms with Gasteiger partial charge in [0, 0.05) is 27.8 Å². The van der Waals surface area contributed by atoms with Crippen LogP contribution < -0.4 is 10.5 Å². The van der Waals surface area contributed by atoms with Crippen LogP contribution in [0, 0.1) is 6.92 Å². The molecule has 0 aliphatic heterocycles. The van der Waals surface area contributed by atoms with Gasteiger partial charge in [0.05, 0.1) is 7.11 Å². The first kappa shape index (κ1) is 14.1. The van der Waals surface area contributed by atoms with Crippen LogP contribution in [0.5, 0.6) is 5.75 Å². The number of thiophene rings is 1. The molecule has 19 heavy (non-hydrogen) atoms. The number of rotatable bonds is 5. The minimum atomic E-state index is -0.0155. The fraction of sp³-hybridized carbons (Fsp3) is 0.375. The average Bonchev–Trinajstić information content (AvgIpc) is 2.86. The normalized spacial score (nSPS) is 12.4. The molecule has 0 spiro atoms. The van der Waals surface area contributed by atoms with Gasteiger partial charge in [0.1, 0.15) is 5.75 Å². The van der Waals surface area contributed by atoms with Crippen molar-refractivity contribution >= 4 is 11.3 Å². The lowest BCUT2D eigenvalue weighted by Crippen LogP contribution is -2.14. The zero-order chi connectivity index (χ0) is 13.8. The number of aryl methyl sites for hydroxylation is 2. The summed E-state index contributed by atoms with van der Waals surface area (Å²) < 4.78 is 5.41. The Kier molecular flexibility index (Phi) is 4.61. The monoisotopic (exact) mass is 275 g/mol. The highest BCUT2D eigenvalue weighted by Crippen LogP contribution is 2.29. The molecule has 1 heterocycles. The van der Waals surface area contributed by atoms with Crippen molar-refractivity contribution in [3.63, 3.8) is 0 Å². The lowest BCUT2D eigenvalue weighted by Gasteiger charge is -2.15. The summed E-state index contributed by atoms with van der Waals surface area (Å²) >= 11 is 1.85. The second-order valence-corrected chi connectivity index (χ2v) is 6.03. The Bertz CT molecular complexity index is 547. The zero-order valence-electron chi connectivity index (χ0n) is 11.8. The molecule has 0 fully saturated rings. The second kappa shape index (κ2) is 6.22. The standard InChI is InChI=1S/C16H21NOS/c1-4-12-6-7-13(19-12)10-15(17)14-9-11(2)5-8-16(14)18-3/h5-9,15H,4,10,17H2,1-3H3. The third-order valence-corrected chi connectivity index (χ3v) is 4.52. The lowest BCUT2D eigenvalue weighted by atomic mass is 10.0. The van der Waals surface area contributed by atoms with Gasteiger partial charge in [0.15, 0.2) is 0 Å². The topological polar surface area (TPSA) is 35.2 Å². The molecule has 0 bridgehead atoms. The molecule has 2 rings (SSSR count). The Balaban J connectivity index is 2.19. The minimum Gasteiger partial charge on any atom is -0.496 e. The Morgan fingerprint density at radius 3 is 2.58 bits per heavy atom. The molecule has 2 nitrogen and oxygen atoms in total. The number of hydrogen-bond acceptors (Lipinski definition) is 3. The molecule has 0 aliphatic carbocycles. The molecular formula is C16H21NOS. The summed E-state index contributed by atoms with van der Waals surface area (Å²) in [6.45, 7) is 4.26. The van der Waals surface area contributed by atoms with Crippen LogP contribution in [-0.4, -0.2) is 7.11 Å². The Morgan fingerprint density at radius 1 is 1.21 bits per heavy atom. The van der Waals surface area contributed by atoms with Crippen molar-refractivity contribution in [3.05, 3.63) is 51.2 Å². The Morgan fingerprint density at radius 2 is 1.95 bits per heavy atom. The van der Waals surface area contributed by atoms with Crippen LogP contribution in [-0.2, 0) is 12.8 Å². The summed E-state index contributed by atoms with van der Waals surface area (Å²) in [6, 6.07) is 10.5. The second-order valence-electron chi connectivity index (χ2n) is 4.78. The van der Waals surface area contributed by atoms with E-state index in [0.29, 0.717) is 0 Å². The molecule has 0 aliphatic rings. The maximum atomic E-state index is 6.35. The molecule has 0 amide bonds. The van der Waals surface area contributed by atoms with Crippen LogP contribution in [0.3, 0.4) is 0 Å². The molecule has 1 atom stereocenters. The Hall–Kier alpha value is -1.32. The average molecular weight is 275 g/mol. The van der Waals surface area contributed by atoms with E-state index in [9.17, 15) is 0 Å². The summed E-state index contributed by atoms with van der Waals surface area (Å²) in [5.74, 6) is 0.880. The van der Waals surface area contributed by atoms with E-state index in [0.717, 1.165) is 24.2 Å². The first-order chi connectivity index (χ1) is 9.13. The van der Waals surface area contributed by atoms with Gasteiger partial charge in [-0.05, 0) is 31.5 Å². The van der Waals surface area contributed by atoms with E-state index in [1.165, 1.54) is 15.3 Å². The number of ether oxygens (including phenoxy) is 1. The SMILES string of the molecule is CCc1ccc(CC(N)c2cc(C)ccc2OC)s1. The van der Waals surface area contributed by atoms with E-state index in [4.69, 9.17) is 10.5 Å². The molecule has 1 aromatic carbocycles. The summed E-state index contributed by atoms with van der Waals surface area (Å²) in [6.07, 6.45) is 1.96.